The van der Waals surface area contributed by atoms with Gasteiger partial charge in [0.25, 0.3) is 0 Å². The molecule has 0 N–H and O–H groups in total. The molecule has 1 saturated carbocycles. The molecule has 0 saturated heterocycles. The summed E-state index contributed by atoms with van der Waals surface area (Å²) in [5, 5.41) is 0.212. The van der Waals surface area contributed by atoms with E-state index in [1.165, 1.54) is 22.8 Å². The van der Waals surface area contributed by atoms with Crippen LogP contribution in [0.3, 0.4) is 0 Å². The lowest BCUT2D eigenvalue weighted by atomic mass is 10.2. The van der Waals surface area contributed by atoms with Gasteiger partial charge in [-0.1, -0.05) is 41.9 Å². The SMILES string of the molecule is O=S(=O)(c1cnccc1Cl)N(Cc1ccccc1)C1CC1. The highest BCUT2D eigenvalue weighted by atomic mass is 35.5. The van der Waals surface area contributed by atoms with Crippen LogP contribution in [0.1, 0.15) is 18.4 Å². The van der Waals surface area contributed by atoms with E-state index in [2.05, 4.69) is 4.98 Å². The van der Waals surface area contributed by atoms with E-state index in [-0.39, 0.29) is 16.0 Å². The number of nitrogens with zero attached hydrogens (tertiary/aromatic N) is 2. The molecule has 0 bridgehead atoms. The monoisotopic (exact) mass is 322 g/mol. The van der Waals surface area contributed by atoms with Gasteiger partial charge < -0.3 is 0 Å². The first-order valence-corrected chi connectivity index (χ1v) is 8.56. The molecule has 0 aliphatic heterocycles. The van der Waals surface area contributed by atoms with E-state index in [9.17, 15) is 8.42 Å². The van der Waals surface area contributed by atoms with Crippen LogP contribution < -0.4 is 0 Å². The Morgan fingerprint density at radius 3 is 2.52 bits per heavy atom. The molecule has 0 atom stereocenters. The number of benzene rings is 1. The van der Waals surface area contributed by atoms with E-state index >= 15 is 0 Å². The second-order valence-electron chi connectivity index (χ2n) is 5.07. The van der Waals surface area contributed by atoms with Crippen LogP contribution in [0.5, 0.6) is 0 Å². The third-order valence-electron chi connectivity index (χ3n) is 3.46. The highest BCUT2D eigenvalue weighted by molar-refractivity contribution is 7.89. The Morgan fingerprint density at radius 1 is 1.19 bits per heavy atom. The second kappa shape index (κ2) is 5.75. The fourth-order valence-corrected chi connectivity index (χ4v) is 4.30. The Morgan fingerprint density at radius 2 is 1.90 bits per heavy atom. The van der Waals surface area contributed by atoms with Gasteiger partial charge in [0.1, 0.15) is 4.90 Å². The third kappa shape index (κ3) is 3.10. The summed E-state index contributed by atoms with van der Waals surface area (Å²) >= 11 is 6.04. The molecule has 1 aromatic carbocycles. The van der Waals surface area contributed by atoms with Crippen LogP contribution in [-0.2, 0) is 16.6 Å². The fraction of sp³-hybridized carbons (Fsp3) is 0.267. The Balaban J connectivity index is 1.96. The minimum absolute atomic E-state index is 0.0616. The summed E-state index contributed by atoms with van der Waals surface area (Å²) < 4.78 is 27.2. The predicted molar refractivity (Wildman–Crippen MR) is 81.4 cm³/mol. The van der Waals surface area contributed by atoms with Gasteiger partial charge in [-0.3, -0.25) is 4.98 Å². The van der Waals surface area contributed by atoms with Crippen molar-refractivity contribution in [2.45, 2.75) is 30.3 Å². The second-order valence-corrected chi connectivity index (χ2v) is 7.34. The maximum Gasteiger partial charge on any atom is 0.246 e. The minimum atomic E-state index is -3.63. The first-order chi connectivity index (χ1) is 10.1. The molecule has 0 unspecified atom stereocenters. The molecular weight excluding hydrogens is 308 g/mol. The molecule has 4 nitrogen and oxygen atoms in total. The van der Waals surface area contributed by atoms with E-state index in [1.807, 2.05) is 30.3 Å². The topological polar surface area (TPSA) is 50.3 Å². The van der Waals surface area contributed by atoms with Gasteiger partial charge in [0.05, 0.1) is 5.02 Å². The van der Waals surface area contributed by atoms with Gasteiger partial charge in [0.2, 0.25) is 10.0 Å². The van der Waals surface area contributed by atoms with Crippen molar-refractivity contribution in [2.24, 2.45) is 0 Å². The van der Waals surface area contributed by atoms with E-state index in [1.54, 1.807) is 0 Å². The first kappa shape index (κ1) is 14.5. The molecule has 6 heteroatoms. The zero-order valence-corrected chi connectivity index (χ0v) is 12.9. The van der Waals surface area contributed by atoms with E-state index in [0.29, 0.717) is 6.54 Å². The van der Waals surface area contributed by atoms with Gasteiger partial charge in [-0.25, -0.2) is 8.42 Å². The molecule has 0 amide bonds. The van der Waals surface area contributed by atoms with Crippen molar-refractivity contribution in [1.29, 1.82) is 0 Å². The Hall–Kier alpha value is -1.43. The quantitative estimate of drug-likeness (QED) is 0.850. The average molecular weight is 323 g/mol. The molecular formula is C15H15ClN2O2S. The summed E-state index contributed by atoms with van der Waals surface area (Å²) in [5.41, 5.74) is 0.966. The highest BCUT2D eigenvalue weighted by Crippen LogP contribution is 2.35. The highest BCUT2D eigenvalue weighted by Gasteiger charge is 2.38. The van der Waals surface area contributed by atoms with Crippen LogP contribution in [0.25, 0.3) is 0 Å². The summed E-state index contributed by atoms with van der Waals surface area (Å²) in [5.74, 6) is 0. The van der Waals surface area contributed by atoms with Gasteiger partial charge >= 0.3 is 0 Å². The number of hydrogen-bond donors (Lipinski definition) is 0. The smallest absolute Gasteiger partial charge is 0.246 e. The summed E-state index contributed by atoms with van der Waals surface area (Å²) in [7, 11) is -3.63. The number of hydrogen-bond acceptors (Lipinski definition) is 3. The Bertz CT molecular complexity index is 730. The zero-order chi connectivity index (χ0) is 14.9. The van der Waals surface area contributed by atoms with Crippen molar-refractivity contribution in [1.82, 2.24) is 9.29 Å². The minimum Gasteiger partial charge on any atom is -0.263 e. The van der Waals surface area contributed by atoms with Crippen LogP contribution in [0, 0.1) is 0 Å². The molecule has 1 aromatic heterocycles. The molecule has 2 aromatic rings. The van der Waals surface area contributed by atoms with E-state index in [4.69, 9.17) is 11.6 Å². The van der Waals surface area contributed by atoms with Crippen molar-refractivity contribution in [3.8, 4) is 0 Å². The molecule has 1 fully saturated rings. The predicted octanol–water partition coefficient (Wildman–Crippen LogP) is 3.09. The molecule has 1 aliphatic carbocycles. The normalized spacial score (nSPS) is 15.3. The van der Waals surface area contributed by atoms with Crippen molar-refractivity contribution in [3.63, 3.8) is 0 Å². The van der Waals surface area contributed by atoms with Gasteiger partial charge in [-0.15, -0.1) is 0 Å². The molecule has 21 heavy (non-hydrogen) atoms. The van der Waals surface area contributed by atoms with Gasteiger partial charge in [-0.05, 0) is 24.5 Å². The maximum atomic E-state index is 12.8. The first-order valence-electron chi connectivity index (χ1n) is 6.74. The standard InChI is InChI=1S/C15H15ClN2O2S/c16-14-8-9-17-10-15(14)21(19,20)18(13-6-7-13)11-12-4-2-1-3-5-12/h1-5,8-10,13H,6-7,11H2. The van der Waals surface area contributed by atoms with Crippen LogP contribution in [0.2, 0.25) is 5.02 Å². The van der Waals surface area contributed by atoms with Crippen molar-refractivity contribution < 1.29 is 8.42 Å². The van der Waals surface area contributed by atoms with Crippen molar-refractivity contribution >= 4 is 21.6 Å². The van der Waals surface area contributed by atoms with Gasteiger partial charge in [0.15, 0.2) is 0 Å². The molecule has 0 spiro atoms. The van der Waals surface area contributed by atoms with Crippen molar-refractivity contribution in [2.75, 3.05) is 0 Å². The number of halogens is 1. The Kier molecular flexibility index (Phi) is 3.97. The number of aromatic nitrogens is 1. The molecule has 0 radical (unpaired) electrons. The average Bonchev–Trinajstić information content (AvgIpc) is 3.30. The Labute approximate surface area is 129 Å². The number of sulfonamides is 1. The number of pyridine rings is 1. The molecule has 110 valence electrons. The zero-order valence-electron chi connectivity index (χ0n) is 11.3. The third-order valence-corrected chi connectivity index (χ3v) is 5.82. The summed E-state index contributed by atoms with van der Waals surface area (Å²) in [6.07, 6.45) is 4.59. The summed E-state index contributed by atoms with van der Waals surface area (Å²) in [4.78, 5) is 3.97. The number of rotatable bonds is 5. The lowest BCUT2D eigenvalue weighted by Gasteiger charge is -2.22. The molecule has 1 aliphatic rings. The van der Waals surface area contributed by atoms with Crippen LogP contribution in [-0.4, -0.2) is 23.7 Å². The molecule has 3 rings (SSSR count). The fourth-order valence-electron chi connectivity index (χ4n) is 2.22. The summed E-state index contributed by atoms with van der Waals surface area (Å²) in [6, 6.07) is 11.1. The lowest BCUT2D eigenvalue weighted by molar-refractivity contribution is 0.398. The van der Waals surface area contributed by atoms with Crippen LogP contribution >= 0.6 is 11.6 Å². The van der Waals surface area contributed by atoms with Crippen LogP contribution in [0.4, 0.5) is 0 Å². The van der Waals surface area contributed by atoms with Crippen LogP contribution in [0.15, 0.2) is 53.7 Å². The van der Waals surface area contributed by atoms with E-state index in [0.717, 1.165) is 18.4 Å². The van der Waals surface area contributed by atoms with Crippen molar-refractivity contribution in [3.05, 3.63) is 59.4 Å². The van der Waals surface area contributed by atoms with E-state index < -0.39 is 10.0 Å². The van der Waals surface area contributed by atoms with Gasteiger partial charge in [0, 0.05) is 25.0 Å². The largest absolute Gasteiger partial charge is 0.263 e. The lowest BCUT2D eigenvalue weighted by Crippen LogP contribution is -2.33. The summed E-state index contributed by atoms with van der Waals surface area (Å²) in [6.45, 7) is 0.360. The van der Waals surface area contributed by atoms with Gasteiger partial charge in [-0.2, -0.15) is 4.31 Å². The maximum absolute atomic E-state index is 12.8. The molecule has 1 heterocycles.